The molecule has 6 bridgehead atoms. The Balaban J connectivity index is 0.00000497. The Hall–Kier alpha value is -4.51. The fourth-order valence-electron chi connectivity index (χ4n) is 8.59. The van der Waals surface area contributed by atoms with E-state index >= 15 is 0 Å². The molecule has 1 N–H and O–H groups in total. The van der Waals surface area contributed by atoms with Crippen molar-refractivity contribution in [2.45, 2.75) is 104 Å². The minimum atomic E-state index is -4.17. The molecule has 0 unspecified atom stereocenters. The summed E-state index contributed by atoms with van der Waals surface area (Å²) < 4.78 is 36.5. The highest BCUT2D eigenvalue weighted by atomic mass is 32.2. The summed E-state index contributed by atoms with van der Waals surface area (Å²) in [6, 6.07) is 17.5. The van der Waals surface area contributed by atoms with Crippen LogP contribution < -0.4 is 14.4 Å². The van der Waals surface area contributed by atoms with Gasteiger partial charge < -0.3 is 14.5 Å². The van der Waals surface area contributed by atoms with Crippen LogP contribution in [0.3, 0.4) is 0 Å². The molecule has 53 heavy (non-hydrogen) atoms. The van der Waals surface area contributed by atoms with Gasteiger partial charge in [-0.1, -0.05) is 65.8 Å². The van der Waals surface area contributed by atoms with Crippen LogP contribution in [0.5, 0.6) is 5.88 Å². The quantitative estimate of drug-likeness (QED) is 0.210. The molecule has 1 aliphatic heterocycles. The summed E-state index contributed by atoms with van der Waals surface area (Å²) >= 11 is 0. The summed E-state index contributed by atoms with van der Waals surface area (Å²) in [5, 5.41) is 0. The van der Waals surface area contributed by atoms with Gasteiger partial charge in [-0.05, 0) is 97.2 Å². The lowest BCUT2D eigenvalue weighted by atomic mass is 9.32. The van der Waals surface area contributed by atoms with Gasteiger partial charge in [0, 0.05) is 31.2 Å². The molecule has 0 saturated heterocycles. The van der Waals surface area contributed by atoms with E-state index in [1.807, 2.05) is 44.3 Å². The van der Waals surface area contributed by atoms with Crippen molar-refractivity contribution in [1.82, 2.24) is 19.9 Å². The van der Waals surface area contributed by atoms with E-state index in [0.29, 0.717) is 22.9 Å². The van der Waals surface area contributed by atoms with Gasteiger partial charge in [0.2, 0.25) is 11.8 Å². The summed E-state index contributed by atoms with van der Waals surface area (Å²) in [5.41, 5.74) is 6.17. The minimum Gasteiger partial charge on any atom is -0.475 e. The highest BCUT2D eigenvalue weighted by molar-refractivity contribution is 7.92. The predicted molar refractivity (Wildman–Crippen MR) is 211 cm³/mol. The molecule has 10 nitrogen and oxygen atoms in total. The number of carbonyl (C=O) groups excluding carboxylic acids is 1. The zero-order chi connectivity index (χ0) is 38.1. The smallest absolute Gasteiger partial charge is 0.264 e. The first kappa shape index (κ1) is 36.8. The van der Waals surface area contributed by atoms with E-state index in [-0.39, 0.29) is 53.7 Å². The summed E-state index contributed by atoms with van der Waals surface area (Å²) in [4.78, 5) is 32.7. The molecule has 8 rings (SSSR count). The summed E-state index contributed by atoms with van der Waals surface area (Å²) in [7, 11) is -2.00. The zero-order valence-electron chi connectivity index (χ0n) is 32.4. The second kappa shape index (κ2) is 12.8. The van der Waals surface area contributed by atoms with Gasteiger partial charge in [0.05, 0.1) is 40.8 Å². The first-order valence-corrected chi connectivity index (χ1v) is 20.0. The Labute approximate surface area is 315 Å². The first-order chi connectivity index (χ1) is 24.8. The van der Waals surface area contributed by atoms with Crippen molar-refractivity contribution in [3.05, 3.63) is 89.2 Å². The summed E-state index contributed by atoms with van der Waals surface area (Å²) in [5.74, 6) is -0.209. The molecule has 3 saturated carbocycles. The number of pyridine rings is 1. The van der Waals surface area contributed by atoms with Crippen LogP contribution in [0.1, 0.15) is 95.8 Å². The second-order valence-corrected chi connectivity index (χ2v) is 19.5. The van der Waals surface area contributed by atoms with Gasteiger partial charge in [-0.25, -0.2) is 18.1 Å². The molecule has 3 fully saturated rings. The molecule has 0 spiro atoms. The Kier molecular flexibility index (Phi) is 8.91. The lowest BCUT2D eigenvalue weighted by Gasteiger charge is -2.78. The number of rotatable bonds is 6. The molecular weight excluding hydrogens is 685 g/mol. The van der Waals surface area contributed by atoms with E-state index in [4.69, 9.17) is 9.72 Å². The molecule has 4 aromatic rings. The van der Waals surface area contributed by atoms with Gasteiger partial charge in [0.25, 0.3) is 15.9 Å². The normalized spacial score (nSPS) is 23.6. The number of fused-ring (bicyclic) bond motifs is 4. The van der Waals surface area contributed by atoms with Gasteiger partial charge in [0.15, 0.2) is 0 Å². The zero-order valence-corrected chi connectivity index (χ0v) is 33.3. The van der Waals surface area contributed by atoms with Gasteiger partial charge in [-0.3, -0.25) is 9.78 Å². The van der Waals surface area contributed by atoms with Crippen LogP contribution in [-0.2, 0) is 16.6 Å². The van der Waals surface area contributed by atoms with Crippen molar-refractivity contribution < 1.29 is 19.4 Å². The monoisotopic (exact) mass is 738 g/mol. The van der Waals surface area contributed by atoms with Crippen molar-refractivity contribution in [1.29, 1.82) is 0 Å². The van der Waals surface area contributed by atoms with Gasteiger partial charge in [-0.2, -0.15) is 4.98 Å². The van der Waals surface area contributed by atoms with Crippen LogP contribution in [0.15, 0.2) is 71.8 Å². The fourth-order valence-corrected chi connectivity index (χ4v) is 9.58. The second-order valence-electron chi connectivity index (χ2n) is 17.8. The van der Waals surface area contributed by atoms with Crippen LogP contribution >= 0.6 is 0 Å². The van der Waals surface area contributed by atoms with Crippen molar-refractivity contribution in [3.63, 3.8) is 0 Å². The lowest BCUT2D eigenvalue weighted by molar-refractivity contribution is -0.200. The number of hydrogen-bond acceptors (Lipinski definition) is 8. The molecule has 0 radical (unpaired) electrons. The van der Waals surface area contributed by atoms with E-state index in [9.17, 15) is 13.2 Å². The molecule has 282 valence electrons. The third-order valence-electron chi connectivity index (χ3n) is 11.9. The molecule has 2 aromatic heterocycles. The number of ether oxygens (including phenoxy) is 1. The third kappa shape index (κ3) is 6.88. The van der Waals surface area contributed by atoms with E-state index in [2.05, 4.69) is 74.2 Å². The average molecular weight is 739 g/mol. The van der Waals surface area contributed by atoms with Gasteiger partial charge in [0.1, 0.15) is 6.61 Å². The van der Waals surface area contributed by atoms with E-state index in [0.717, 1.165) is 28.1 Å². The number of aromatic nitrogens is 3. The largest absolute Gasteiger partial charge is 0.475 e. The standard InChI is InChI=1S/C42H52N6O4S.H2/c1-27-12-10-13-28(2)36(27)34-19-35-45-38(44-34)46-53(50,51)33-15-11-14-29(18-33)37(49)48(32(23-52-35)20-39(3,4)5)22-30-16-17-31(21-43-30)47(9)42-24-41(25-42,26-42)40(6,7)8;/h10-19,21,32H,20,22-26H2,1-9H3,(H,44,45,46);1H/t32-,41?,42?;/m1./s1. The SMILES string of the molecule is Cc1cccc(C)c1-c1cc2nc(n1)NS(=O)(=O)c1cccc(c1)C(=O)N(Cc1ccc(N(C)C34CC(C(C)(C)C)(C3)C4)cn1)[C@H](CC(C)(C)C)CO2.[HH]. The van der Waals surface area contributed by atoms with Crippen LogP contribution in [0.2, 0.25) is 0 Å². The maximum atomic E-state index is 14.6. The van der Waals surface area contributed by atoms with Crippen LogP contribution in [0.4, 0.5) is 11.6 Å². The summed E-state index contributed by atoms with van der Waals surface area (Å²) in [6.45, 7) is 17.8. The van der Waals surface area contributed by atoms with Gasteiger partial charge >= 0.3 is 0 Å². The topological polar surface area (TPSA) is 118 Å². The molecule has 4 aliphatic rings. The average Bonchev–Trinajstić information content (AvgIpc) is 3.02. The number of aryl methyl sites for hydroxylation is 2. The Morgan fingerprint density at radius 1 is 0.962 bits per heavy atom. The van der Waals surface area contributed by atoms with Crippen molar-refractivity contribution in [2.75, 3.05) is 23.3 Å². The number of amides is 1. The number of anilines is 2. The summed E-state index contributed by atoms with van der Waals surface area (Å²) in [6.07, 6.45) is 6.11. The maximum absolute atomic E-state index is 14.6. The number of nitrogens with one attached hydrogen (secondary N) is 1. The highest BCUT2D eigenvalue weighted by Crippen LogP contribution is 2.76. The van der Waals surface area contributed by atoms with Gasteiger partial charge in [-0.15, -0.1) is 0 Å². The highest BCUT2D eigenvalue weighted by Gasteiger charge is 2.73. The van der Waals surface area contributed by atoms with E-state index in [1.165, 1.54) is 31.4 Å². The van der Waals surface area contributed by atoms with Crippen molar-refractivity contribution >= 4 is 27.6 Å². The van der Waals surface area contributed by atoms with Crippen molar-refractivity contribution in [3.8, 4) is 17.1 Å². The fraction of sp³-hybridized carbons (Fsp3) is 0.476. The predicted octanol–water partition coefficient (Wildman–Crippen LogP) is 8.45. The van der Waals surface area contributed by atoms with E-state index in [1.54, 1.807) is 23.1 Å². The van der Waals surface area contributed by atoms with Crippen LogP contribution in [0.25, 0.3) is 11.3 Å². The third-order valence-corrected chi connectivity index (χ3v) is 13.2. The number of hydrogen-bond donors (Lipinski definition) is 1. The number of benzene rings is 2. The molecule has 2 aromatic carbocycles. The Bertz CT molecular complexity index is 2140. The molecule has 3 aliphatic carbocycles. The molecule has 1 atom stereocenters. The molecule has 3 heterocycles. The molecule has 11 heteroatoms. The van der Waals surface area contributed by atoms with Crippen LogP contribution in [0, 0.1) is 30.1 Å². The molecular formula is C42H54N6O4S. The van der Waals surface area contributed by atoms with E-state index < -0.39 is 16.1 Å². The lowest BCUT2D eigenvalue weighted by Crippen LogP contribution is -2.77. The molecule has 1 amide bonds. The Morgan fingerprint density at radius 2 is 1.64 bits per heavy atom. The number of carbonyl (C=O) groups is 1. The Morgan fingerprint density at radius 3 is 2.26 bits per heavy atom. The minimum absolute atomic E-state index is 0. The number of nitrogens with zero attached hydrogens (tertiary/aromatic N) is 5. The maximum Gasteiger partial charge on any atom is 0.264 e. The van der Waals surface area contributed by atoms with Crippen molar-refractivity contribution in [2.24, 2.45) is 16.2 Å². The number of sulfonamides is 1. The van der Waals surface area contributed by atoms with Crippen LogP contribution in [-0.4, -0.2) is 59.4 Å². The first-order valence-electron chi connectivity index (χ1n) is 18.5.